The molecule has 0 unspecified atom stereocenters. The summed E-state index contributed by atoms with van der Waals surface area (Å²) in [6, 6.07) is 20.2. The third-order valence-corrected chi connectivity index (χ3v) is 17.0. The van der Waals surface area contributed by atoms with Gasteiger partial charge in [-0.1, -0.05) is 99.2 Å². The predicted octanol–water partition coefficient (Wildman–Crippen LogP) is 6.76. The quantitative estimate of drug-likeness (QED) is 0.430. The molecule has 3 nitrogen and oxygen atoms in total. The van der Waals surface area contributed by atoms with E-state index in [9.17, 15) is 4.57 Å². The first-order chi connectivity index (χ1) is 16.6. The van der Waals surface area contributed by atoms with Crippen molar-refractivity contribution in [2.45, 2.75) is 93.6 Å². The summed E-state index contributed by atoms with van der Waals surface area (Å²) >= 11 is 0. The predicted molar refractivity (Wildman–Crippen MR) is 146 cm³/mol. The molecule has 5 heteroatoms. The Bertz CT molecular complexity index is 947. The van der Waals surface area contributed by atoms with Gasteiger partial charge in [0.1, 0.15) is 7.14 Å². The van der Waals surface area contributed by atoms with Crippen molar-refractivity contribution in [3.05, 3.63) is 60.7 Å². The van der Waals surface area contributed by atoms with Crippen LogP contribution in [0.2, 0.25) is 0 Å². The van der Waals surface area contributed by atoms with E-state index in [0.717, 1.165) is 23.6 Å². The van der Waals surface area contributed by atoms with E-state index in [1.54, 1.807) is 0 Å². The van der Waals surface area contributed by atoms with E-state index >= 15 is 4.57 Å². The van der Waals surface area contributed by atoms with Crippen LogP contribution in [-0.4, -0.2) is 35.7 Å². The summed E-state index contributed by atoms with van der Waals surface area (Å²) in [5.41, 5.74) is 1.14. The number of rotatable bonds is 7. The summed E-state index contributed by atoms with van der Waals surface area (Å²) in [4.78, 5) is 0. The molecule has 0 amide bonds. The molecule has 1 saturated heterocycles. The minimum Gasteiger partial charge on any atom is -0.323 e. The van der Waals surface area contributed by atoms with E-state index in [-0.39, 0.29) is 11.7 Å². The largest absolute Gasteiger partial charge is 0.323 e. The molecule has 184 valence electrons. The van der Waals surface area contributed by atoms with E-state index in [4.69, 9.17) is 0 Å². The van der Waals surface area contributed by atoms with Gasteiger partial charge in [0.25, 0.3) is 0 Å². The minimum absolute atomic E-state index is 0.164. The Morgan fingerprint density at radius 2 is 1.12 bits per heavy atom. The van der Waals surface area contributed by atoms with Crippen molar-refractivity contribution < 1.29 is 9.13 Å². The first kappa shape index (κ1) is 24.5. The molecule has 1 heterocycles. The van der Waals surface area contributed by atoms with Crippen molar-refractivity contribution in [2.24, 2.45) is 0 Å². The Labute approximate surface area is 206 Å². The molecule has 2 aromatic carbocycles. The zero-order valence-corrected chi connectivity index (χ0v) is 22.3. The molecule has 34 heavy (non-hydrogen) atoms. The lowest BCUT2D eigenvalue weighted by molar-refractivity contribution is 0.440. The van der Waals surface area contributed by atoms with Crippen LogP contribution >= 0.6 is 14.3 Å². The molecule has 1 N–H and O–H groups in total. The molecule has 5 rings (SSSR count). The van der Waals surface area contributed by atoms with Crippen LogP contribution in [0.5, 0.6) is 0 Å². The van der Waals surface area contributed by atoms with E-state index in [0.29, 0.717) is 17.5 Å². The average molecular weight is 498 g/mol. The van der Waals surface area contributed by atoms with E-state index < -0.39 is 14.3 Å². The maximum Gasteiger partial charge on any atom is 0.144 e. The van der Waals surface area contributed by atoms with Crippen LogP contribution in [0, 0.1) is 0 Å². The fourth-order valence-corrected chi connectivity index (χ4v) is 15.2. The van der Waals surface area contributed by atoms with Gasteiger partial charge in [-0.25, -0.2) is 0 Å². The standard InChI is InChI=1S/C29H41NO2P2/c31-33(25-13-5-1-6-14-25,26-15-7-2-8-16-26)23-24-21-29(22-30-24)34(32,27-17-9-3-10-18-27)28-19-11-4-12-20-28/h1-2,5-8,13-16,24,27-30H,3-4,9-12,17-23H2/t24-,29-/m0/s1. The molecule has 3 fully saturated rings. The van der Waals surface area contributed by atoms with Crippen LogP contribution in [0.3, 0.4) is 0 Å². The average Bonchev–Trinajstić information content (AvgIpc) is 3.39. The molecule has 2 aliphatic carbocycles. The normalized spacial score (nSPS) is 25.4. The zero-order valence-electron chi connectivity index (χ0n) is 20.5. The summed E-state index contributed by atoms with van der Waals surface area (Å²) in [7, 11) is -5.09. The first-order valence-corrected chi connectivity index (χ1v) is 17.4. The maximum absolute atomic E-state index is 15.1. The highest BCUT2D eigenvalue weighted by molar-refractivity contribution is 7.78. The Kier molecular flexibility index (Phi) is 7.84. The van der Waals surface area contributed by atoms with Gasteiger partial charge in [-0.15, -0.1) is 0 Å². The Morgan fingerprint density at radius 3 is 1.59 bits per heavy atom. The van der Waals surface area contributed by atoms with Crippen LogP contribution in [-0.2, 0) is 9.13 Å². The van der Waals surface area contributed by atoms with Gasteiger partial charge >= 0.3 is 0 Å². The Hall–Kier alpha value is -1.14. The van der Waals surface area contributed by atoms with Crippen molar-refractivity contribution in [3.63, 3.8) is 0 Å². The van der Waals surface area contributed by atoms with Gasteiger partial charge in [-0.2, -0.15) is 0 Å². The van der Waals surface area contributed by atoms with Gasteiger partial charge < -0.3 is 14.4 Å². The van der Waals surface area contributed by atoms with E-state index in [1.165, 1.54) is 64.2 Å². The monoisotopic (exact) mass is 497 g/mol. The second-order valence-corrected chi connectivity index (χ2v) is 17.5. The smallest absolute Gasteiger partial charge is 0.144 e. The summed E-state index contributed by atoms with van der Waals surface area (Å²) in [6.45, 7) is 0.846. The SMILES string of the molecule is O=P(C[C@@H]1C[C@H](P(=O)(C2CCCCC2)C2CCCCC2)CN1)(c1ccccc1)c1ccccc1. The highest BCUT2D eigenvalue weighted by Crippen LogP contribution is 2.67. The first-order valence-electron chi connectivity index (χ1n) is 13.6. The summed E-state index contributed by atoms with van der Waals surface area (Å²) in [5, 5.41) is 5.62. The molecule has 2 aromatic rings. The summed E-state index contributed by atoms with van der Waals surface area (Å²) in [5.74, 6) is 0. The van der Waals surface area contributed by atoms with Crippen LogP contribution in [0.15, 0.2) is 60.7 Å². The van der Waals surface area contributed by atoms with Crippen LogP contribution in [0.25, 0.3) is 0 Å². The maximum atomic E-state index is 15.1. The zero-order chi connectivity index (χ0) is 23.4. The molecule has 0 aromatic heterocycles. The van der Waals surface area contributed by atoms with Crippen LogP contribution < -0.4 is 15.9 Å². The van der Waals surface area contributed by atoms with Crippen LogP contribution in [0.1, 0.15) is 70.6 Å². The van der Waals surface area contributed by atoms with E-state index in [1.807, 2.05) is 60.7 Å². The van der Waals surface area contributed by atoms with Gasteiger partial charge in [0.05, 0.1) is 7.14 Å². The van der Waals surface area contributed by atoms with Crippen molar-refractivity contribution in [3.8, 4) is 0 Å². The molecule has 3 aliphatic rings. The van der Waals surface area contributed by atoms with E-state index in [2.05, 4.69) is 5.32 Å². The lowest BCUT2D eigenvalue weighted by Gasteiger charge is -2.41. The second-order valence-electron chi connectivity index (χ2n) is 10.9. The minimum atomic E-state index is -2.77. The fourth-order valence-electron chi connectivity index (χ4n) is 7.12. The van der Waals surface area contributed by atoms with Crippen molar-refractivity contribution in [2.75, 3.05) is 12.7 Å². The molecular formula is C29H41NO2P2. The lowest BCUT2D eigenvalue weighted by Crippen LogP contribution is -2.31. The van der Waals surface area contributed by atoms with Crippen molar-refractivity contribution in [1.82, 2.24) is 5.32 Å². The van der Waals surface area contributed by atoms with Crippen molar-refractivity contribution in [1.29, 1.82) is 0 Å². The topological polar surface area (TPSA) is 46.2 Å². The fraction of sp³-hybridized carbons (Fsp3) is 0.586. The number of hydrogen-bond acceptors (Lipinski definition) is 3. The molecule has 2 saturated carbocycles. The van der Waals surface area contributed by atoms with Gasteiger partial charge in [-0.3, -0.25) is 0 Å². The summed E-state index contributed by atoms with van der Waals surface area (Å²) < 4.78 is 29.7. The molecule has 2 atom stereocenters. The number of hydrogen-bond donors (Lipinski definition) is 1. The highest BCUT2D eigenvalue weighted by atomic mass is 31.2. The van der Waals surface area contributed by atoms with Gasteiger partial charge in [0.15, 0.2) is 0 Å². The molecule has 0 spiro atoms. The third kappa shape index (κ3) is 4.91. The Balaban J connectivity index is 1.40. The second kappa shape index (κ2) is 10.9. The Morgan fingerprint density at radius 1 is 0.647 bits per heavy atom. The van der Waals surface area contributed by atoms with Crippen LogP contribution in [0.4, 0.5) is 0 Å². The molecule has 0 bridgehead atoms. The van der Waals surface area contributed by atoms with Gasteiger partial charge in [0.2, 0.25) is 0 Å². The van der Waals surface area contributed by atoms with Gasteiger partial charge in [0, 0.05) is 46.3 Å². The number of benzene rings is 2. The molecule has 0 radical (unpaired) electrons. The van der Waals surface area contributed by atoms with Crippen molar-refractivity contribution >= 4 is 24.9 Å². The lowest BCUT2D eigenvalue weighted by atomic mass is 9.99. The molecular weight excluding hydrogens is 456 g/mol. The van der Waals surface area contributed by atoms with Gasteiger partial charge in [-0.05, 0) is 32.1 Å². The summed E-state index contributed by atoms with van der Waals surface area (Å²) in [6.07, 6.45) is 13.8. The third-order valence-electron chi connectivity index (χ3n) is 8.88. The highest BCUT2D eigenvalue weighted by Gasteiger charge is 2.49. The molecule has 1 aliphatic heterocycles. The number of nitrogens with one attached hydrogen (secondary N) is 1.